The van der Waals surface area contributed by atoms with Gasteiger partial charge in [0.05, 0.1) is 7.11 Å². The van der Waals surface area contributed by atoms with Crippen LogP contribution in [0.2, 0.25) is 5.02 Å². The zero-order chi connectivity index (χ0) is 18.4. The monoisotopic (exact) mass is 368 g/mol. The van der Waals surface area contributed by atoms with Gasteiger partial charge in [-0.05, 0) is 55.3 Å². The second kappa shape index (κ2) is 8.54. The molecule has 1 heterocycles. The Balaban J connectivity index is 1.63. The van der Waals surface area contributed by atoms with Crippen molar-refractivity contribution in [2.24, 2.45) is 0 Å². The minimum absolute atomic E-state index is 0.600. The first kappa shape index (κ1) is 18.0. The van der Waals surface area contributed by atoms with Gasteiger partial charge in [0, 0.05) is 29.0 Å². The number of nitrogens with one attached hydrogen (secondary N) is 2. The first-order chi connectivity index (χ1) is 12.6. The molecule has 0 atom stereocenters. The van der Waals surface area contributed by atoms with E-state index in [0.717, 1.165) is 40.9 Å². The highest BCUT2D eigenvalue weighted by molar-refractivity contribution is 6.30. The molecule has 5 nitrogen and oxygen atoms in total. The second-order valence-electron chi connectivity index (χ2n) is 5.88. The Bertz CT molecular complexity index is 868. The van der Waals surface area contributed by atoms with E-state index >= 15 is 0 Å². The van der Waals surface area contributed by atoms with Crippen LogP contribution in [0.25, 0.3) is 0 Å². The Kier molecular flexibility index (Phi) is 5.92. The lowest BCUT2D eigenvalue weighted by atomic mass is 10.1. The summed E-state index contributed by atoms with van der Waals surface area (Å²) in [5.74, 6) is 2.16. The molecule has 134 valence electrons. The molecule has 0 fully saturated rings. The summed E-state index contributed by atoms with van der Waals surface area (Å²) in [5.41, 5.74) is 3.00. The zero-order valence-electron chi connectivity index (χ0n) is 14.8. The summed E-state index contributed by atoms with van der Waals surface area (Å²) in [5, 5.41) is 7.31. The number of halogens is 1. The minimum Gasteiger partial charge on any atom is -0.497 e. The van der Waals surface area contributed by atoms with E-state index < -0.39 is 0 Å². The predicted octanol–water partition coefficient (Wildman–Crippen LogP) is 4.85. The number of ether oxygens (including phenoxy) is 1. The van der Waals surface area contributed by atoms with E-state index in [1.165, 1.54) is 5.56 Å². The fourth-order valence-corrected chi connectivity index (χ4v) is 2.76. The van der Waals surface area contributed by atoms with E-state index in [1.807, 2.05) is 55.5 Å². The molecule has 0 spiro atoms. The van der Waals surface area contributed by atoms with E-state index in [-0.39, 0.29) is 0 Å². The lowest BCUT2D eigenvalue weighted by Gasteiger charge is -2.10. The third-order valence-corrected chi connectivity index (χ3v) is 4.04. The summed E-state index contributed by atoms with van der Waals surface area (Å²) in [6, 6.07) is 17.5. The number of aryl methyl sites for hydroxylation is 1. The topological polar surface area (TPSA) is 59.1 Å². The van der Waals surface area contributed by atoms with Crippen molar-refractivity contribution in [1.82, 2.24) is 9.97 Å². The molecule has 2 N–H and O–H groups in total. The van der Waals surface area contributed by atoms with Crippen molar-refractivity contribution in [3.63, 3.8) is 0 Å². The van der Waals surface area contributed by atoms with E-state index in [1.54, 1.807) is 7.11 Å². The Labute approximate surface area is 158 Å². The van der Waals surface area contributed by atoms with Crippen LogP contribution < -0.4 is 15.4 Å². The van der Waals surface area contributed by atoms with Crippen molar-refractivity contribution in [2.45, 2.75) is 13.3 Å². The first-order valence-corrected chi connectivity index (χ1v) is 8.75. The molecular weight excluding hydrogens is 348 g/mol. The Morgan fingerprint density at radius 2 is 1.85 bits per heavy atom. The summed E-state index contributed by atoms with van der Waals surface area (Å²) < 4.78 is 5.17. The largest absolute Gasteiger partial charge is 0.497 e. The number of nitrogens with zero attached hydrogens (tertiary/aromatic N) is 2. The van der Waals surface area contributed by atoms with Crippen LogP contribution >= 0.6 is 11.6 Å². The van der Waals surface area contributed by atoms with E-state index in [0.29, 0.717) is 5.95 Å². The van der Waals surface area contributed by atoms with Gasteiger partial charge >= 0.3 is 0 Å². The molecule has 6 heteroatoms. The number of hydrogen-bond acceptors (Lipinski definition) is 5. The van der Waals surface area contributed by atoms with Crippen molar-refractivity contribution in [3.05, 3.63) is 70.9 Å². The van der Waals surface area contributed by atoms with Gasteiger partial charge in [-0.1, -0.05) is 23.7 Å². The maximum atomic E-state index is 6.02. The van der Waals surface area contributed by atoms with Gasteiger partial charge in [0.15, 0.2) is 0 Å². The number of rotatable bonds is 7. The smallest absolute Gasteiger partial charge is 0.224 e. The van der Waals surface area contributed by atoms with Gasteiger partial charge in [0.25, 0.3) is 0 Å². The molecule has 0 unspecified atom stereocenters. The quantitative estimate of drug-likeness (QED) is 0.624. The highest BCUT2D eigenvalue weighted by Gasteiger charge is 2.04. The maximum Gasteiger partial charge on any atom is 0.224 e. The molecule has 0 aliphatic heterocycles. The van der Waals surface area contributed by atoms with E-state index in [4.69, 9.17) is 16.3 Å². The lowest BCUT2D eigenvalue weighted by Crippen LogP contribution is -2.09. The summed E-state index contributed by atoms with van der Waals surface area (Å²) in [4.78, 5) is 8.97. The van der Waals surface area contributed by atoms with Gasteiger partial charge in [0.1, 0.15) is 11.6 Å². The fourth-order valence-electron chi connectivity index (χ4n) is 2.54. The van der Waals surface area contributed by atoms with Crippen molar-refractivity contribution in [1.29, 1.82) is 0 Å². The standard InChI is InChI=1S/C20H21ClN4O/c1-14-12-19(24-17-6-8-18(26-2)9-7-17)25-20(23-14)22-11-10-15-4-3-5-16(21)13-15/h3-9,12-13H,10-11H2,1-2H3,(H2,22,23,24,25). The Hall–Kier alpha value is -2.79. The summed E-state index contributed by atoms with van der Waals surface area (Å²) in [6.07, 6.45) is 0.846. The van der Waals surface area contributed by atoms with Gasteiger partial charge in [-0.2, -0.15) is 4.98 Å². The highest BCUT2D eigenvalue weighted by atomic mass is 35.5. The van der Waals surface area contributed by atoms with Crippen LogP contribution in [0.4, 0.5) is 17.5 Å². The number of anilines is 3. The molecule has 0 bridgehead atoms. The average Bonchev–Trinajstić information content (AvgIpc) is 2.62. The molecular formula is C20H21ClN4O. The molecule has 3 aromatic rings. The third kappa shape index (κ3) is 5.10. The first-order valence-electron chi connectivity index (χ1n) is 8.37. The highest BCUT2D eigenvalue weighted by Crippen LogP contribution is 2.20. The maximum absolute atomic E-state index is 6.02. The van der Waals surface area contributed by atoms with E-state index in [2.05, 4.69) is 26.7 Å². The van der Waals surface area contributed by atoms with Crippen molar-refractivity contribution in [3.8, 4) is 5.75 Å². The molecule has 0 amide bonds. The Morgan fingerprint density at radius 1 is 1.04 bits per heavy atom. The molecule has 26 heavy (non-hydrogen) atoms. The number of hydrogen-bond donors (Lipinski definition) is 2. The van der Waals surface area contributed by atoms with Crippen molar-refractivity contribution >= 4 is 29.1 Å². The number of methoxy groups -OCH3 is 1. The predicted molar refractivity (Wildman–Crippen MR) is 107 cm³/mol. The summed E-state index contributed by atoms with van der Waals surface area (Å²) >= 11 is 6.02. The molecule has 0 aliphatic carbocycles. The molecule has 0 aliphatic rings. The third-order valence-electron chi connectivity index (χ3n) is 3.80. The fraction of sp³-hybridized carbons (Fsp3) is 0.200. The van der Waals surface area contributed by atoms with Gasteiger partial charge < -0.3 is 15.4 Å². The van der Waals surface area contributed by atoms with Crippen molar-refractivity contribution in [2.75, 3.05) is 24.3 Å². The van der Waals surface area contributed by atoms with Gasteiger partial charge in [-0.3, -0.25) is 0 Å². The van der Waals surface area contributed by atoms with Crippen LogP contribution in [-0.2, 0) is 6.42 Å². The Morgan fingerprint density at radius 3 is 2.58 bits per heavy atom. The number of aromatic nitrogens is 2. The van der Waals surface area contributed by atoms with Crippen LogP contribution in [0.3, 0.4) is 0 Å². The molecule has 0 saturated heterocycles. The molecule has 3 rings (SSSR count). The van der Waals surface area contributed by atoms with Crippen LogP contribution in [0.15, 0.2) is 54.6 Å². The molecule has 0 radical (unpaired) electrons. The second-order valence-corrected chi connectivity index (χ2v) is 6.31. The molecule has 1 aromatic heterocycles. The van der Waals surface area contributed by atoms with Crippen LogP contribution in [0, 0.1) is 6.92 Å². The van der Waals surface area contributed by atoms with Gasteiger partial charge in [-0.15, -0.1) is 0 Å². The normalized spacial score (nSPS) is 10.4. The SMILES string of the molecule is COc1ccc(Nc2cc(C)nc(NCCc3cccc(Cl)c3)n2)cc1. The van der Waals surface area contributed by atoms with Crippen molar-refractivity contribution < 1.29 is 4.74 Å². The zero-order valence-corrected chi connectivity index (χ0v) is 15.5. The number of benzene rings is 2. The molecule has 2 aromatic carbocycles. The average molecular weight is 369 g/mol. The van der Waals surface area contributed by atoms with Gasteiger partial charge in [0.2, 0.25) is 5.95 Å². The van der Waals surface area contributed by atoms with E-state index in [9.17, 15) is 0 Å². The van der Waals surface area contributed by atoms with Crippen LogP contribution in [0.5, 0.6) is 5.75 Å². The summed E-state index contributed by atoms with van der Waals surface area (Å²) in [6.45, 7) is 2.68. The minimum atomic E-state index is 0.600. The molecule has 0 saturated carbocycles. The lowest BCUT2D eigenvalue weighted by molar-refractivity contribution is 0.415. The van der Waals surface area contributed by atoms with Crippen LogP contribution in [-0.4, -0.2) is 23.6 Å². The summed E-state index contributed by atoms with van der Waals surface area (Å²) in [7, 11) is 1.65. The van der Waals surface area contributed by atoms with Gasteiger partial charge in [-0.25, -0.2) is 4.98 Å². The van der Waals surface area contributed by atoms with Crippen LogP contribution in [0.1, 0.15) is 11.3 Å².